The number of rotatable bonds is 3. The molecule has 0 radical (unpaired) electrons. The number of halogens is 9. The minimum Gasteiger partial charge on any atom is -0.0620 e. The SMILES string of the molecule is CCc1c(Br)c(Br)c(Br)c(Br)c1Br.CCc1c(Br)c(Br)c(C)c(Br)c1Br.CCc1ccccc1C. The van der Waals surface area contributed by atoms with Crippen LogP contribution in [0.4, 0.5) is 0 Å². The van der Waals surface area contributed by atoms with Crippen LogP contribution in [0.5, 0.6) is 0 Å². The number of aryl methyl sites for hydroxylation is 2. The van der Waals surface area contributed by atoms with E-state index in [1.165, 1.54) is 27.8 Å². The predicted molar refractivity (Wildman–Crippen MR) is 186 cm³/mol. The lowest BCUT2D eigenvalue weighted by atomic mass is 10.1. The van der Waals surface area contributed by atoms with Gasteiger partial charge in [-0.05, 0) is 204 Å². The summed E-state index contributed by atoms with van der Waals surface area (Å²) in [5, 5.41) is 0. The van der Waals surface area contributed by atoms with Crippen LogP contribution in [0.1, 0.15) is 48.6 Å². The first-order valence-corrected chi connectivity index (χ1v) is 17.8. The molecular formula is C26H25Br9. The largest absolute Gasteiger partial charge is 0.0620 e. The van der Waals surface area contributed by atoms with Crippen molar-refractivity contribution in [3.05, 3.63) is 92.3 Å². The summed E-state index contributed by atoms with van der Waals surface area (Å²) in [7, 11) is 0. The zero-order chi connectivity index (χ0) is 27.0. The van der Waals surface area contributed by atoms with Crippen LogP contribution in [0.2, 0.25) is 0 Å². The molecule has 9 heteroatoms. The quantitative estimate of drug-likeness (QED) is 0.181. The maximum atomic E-state index is 3.58. The van der Waals surface area contributed by atoms with E-state index in [9.17, 15) is 0 Å². The van der Waals surface area contributed by atoms with Crippen molar-refractivity contribution in [3.8, 4) is 0 Å². The van der Waals surface area contributed by atoms with Crippen LogP contribution in [0.15, 0.2) is 64.5 Å². The van der Waals surface area contributed by atoms with E-state index in [1.807, 2.05) is 0 Å². The molecule has 0 bridgehead atoms. The summed E-state index contributed by atoms with van der Waals surface area (Å²) in [4.78, 5) is 0. The Kier molecular flexibility index (Phi) is 16.9. The van der Waals surface area contributed by atoms with Gasteiger partial charge in [-0.25, -0.2) is 0 Å². The Morgan fingerprint density at radius 2 is 0.800 bits per heavy atom. The van der Waals surface area contributed by atoms with Gasteiger partial charge in [-0.15, -0.1) is 0 Å². The Balaban J connectivity index is 0.000000267. The molecule has 3 aromatic carbocycles. The van der Waals surface area contributed by atoms with Crippen molar-refractivity contribution in [3.63, 3.8) is 0 Å². The Morgan fingerprint density at radius 3 is 1.11 bits per heavy atom. The molecule has 0 N–H and O–H groups in total. The lowest BCUT2D eigenvalue weighted by molar-refractivity contribution is 1.09. The second kappa shape index (κ2) is 16.9. The molecule has 0 saturated heterocycles. The maximum Gasteiger partial charge on any atom is 0.0482 e. The number of hydrogen-bond acceptors (Lipinski definition) is 0. The van der Waals surface area contributed by atoms with E-state index in [2.05, 4.69) is 202 Å². The van der Waals surface area contributed by atoms with E-state index >= 15 is 0 Å². The monoisotopic (exact) mass is 1050 g/mol. The summed E-state index contributed by atoms with van der Waals surface area (Å²) < 4.78 is 9.82. The first-order valence-electron chi connectivity index (χ1n) is 10.7. The van der Waals surface area contributed by atoms with E-state index < -0.39 is 0 Å². The van der Waals surface area contributed by atoms with Crippen molar-refractivity contribution in [2.24, 2.45) is 0 Å². The van der Waals surface area contributed by atoms with Crippen LogP contribution in [-0.4, -0.2) is 0 Å². The highest BCUT2D eigenvalue weighted by atomic mass is 79.9. The molecule has 0 atom stereocenters. The van der Waals surface area contributed by atoms with Gasteiger partial charge in [-0.3, -0.25) is 0 Å². The zero-order valence-electron chi connectivity index (χ0n) is 19.8. The maximum absolute atomic E-state index is 3.58. The first kappa shape index (κ1) is 35.0. The highest BCUT2D eigenvalue weighted by molar-refractivity contribution is 9.16. The molecule has 0 saturated carbocycles. The van der Waals surface area contributed by atoms with Gasteiger partial charge < -0.3 is 0 Å². The Bertz CT molecular complexity index is 1040. The third-order valence-electron chi connectivity index (χ3n) is 5.22. The van der Waals surface area contributed by atoms with Crippen LogP contribution in [0.25, 0.3) is 0 Å². The molecule has 0 amide bonds. The molecule has 3 rings (SSSR count). The number of benzene rings is 3. The van der Waals surface area contributed by atoms with Gasteiger partial charge in [0.25, 0.3) is 0 Å². The van der Waals surface area contributed by atoms with Gasteiger partial charge in [0.2, 0.25) is 0 Å². The van der Waals surface area contributed by atoms with Crippen LogP contribution in [0.3, 0.4) is 0 Å². The third-order valence-corrected chi connectivity index (χ3v) is 16.3. The van der Waals surface area contributed by atoms with Crippen LogP contribution in [-0.2, 0) is 19.3 Å². The molecule has 0 heterocycles. The summed E-state index contributed by atoms with van der Waals surface area (Å²) in [6.07, 6.45) is 3.12. The molecule has 0 unspecified atom stereocenters. The molecule has 0 aromatic heterocycles. The molecule has 192 valence electrons. The molecule has 3 aromatic rings. The highest BCUT2D eigenvalue weighted by Gasteiger charge is 2.16. The van der Waals surface area contributed by atoms with Gasteiger partial charge in [0, 0.05) is 40.3 Å². The zero-order valence-corrected chi connectivity index (χ0v) is 34.1. The fourth-order valence-corrected chi connectivity index (χ4v) is 9.71. The highest BCUT2D eigenvalue weighted by Crippen LogP contribution is 2.44. The lowest BCUT2D eigenvalue weighted by Crippen LogP contribution is -1.91. The van der Waals surface area contributed by atoms with Crippen molar-refractivity contribution in [2.45, 2.75) is 53.9 Å². The molecule has 0 aliphatic heterocycles. The molecule has 0 fully saturated rings. The van der Waals surface area contributed by atoms with Gasteiger partial charge in [-0.1, -0.05) is 45.0 Å². The Hall–Kier alpha value is 1.98. The first-order chi connectivity index (χ1) is 16.3. The lowest BCUT2D eigenvalue weighted by Gasteiger charge is -2.12. The average Bonchev–Trinajstić information content (AvgIpc) is 2.86. The van der Waals surface area contributed by atoms with Crippen LogP contribution < -0.4 is 0 Å². The molecule has 0 aliphatic carbocycles. The third kappa shape index (κ3) is 9.26. The predicted octanol–water partition coefficient (Wildman–Crippen LogP) is 14.2. The second-order valence-electron chi connectivity index (χ2n) is 7.40. The van der Waals surface area contributed by atoms with Gasteiger partial charge in [0.1, 0.15) is 0 Å². The summed E-state index contributed by atoms with van der Waals surface area (Å²) >= 11 is 31.9. The minimum atomic E-state index is 0.978. The van der Waals surface area contributed by atoms with Gasteiger partial charge >= 0.3 is 0 Å². The van der Waals surface area contributed by atoms with Crippen molar-refractivity contribution in [2.75, 3.05) is 0 Å². The van der Waals surface area contributed by atoms with Crippen LogP contribution in [0, 0.1) is 13.8 Å². The van der Waals surface area contributed by atoms with Crippen LogP contribution >= 0.6 is 143 Å². The molecular weight excluding hydrogens is 1030 g/mol. The van der Waals surface area contributed by atoms with E-state index in [4.69, 9.17) is 0 Å². The Labute approximate surface area is 285 Å². The molecule has 0 spiro atoms. The fourth-order valence-electron chi connectivity index (χ4n) is 3.06. The summed E-state index contributed by atoms with van der Waals surface area (Å²) in [6, 6.07) is 8.49. The molecule has 0 nitrogen and oxygen atoms in total. The van der Waals surface area contributed by atoms with Crippen molar-refractivity contribution in [1.82, 2.24) is 0 Å². The van der Waals surface area contributed by atoms with Gasteiger partial charge in [0.05, 0.1) is 0 Å². The summed E-state index contributed by atoms with van der Waals surface area (Å²) in [5.74, 6) is 0. The minimum absolute atomic E-state index is 0.978. The molecule has 35 heavy (non-hydrogen) atoms. The van der Waals surface area contributed by atoms with E-state index in [0.717, 1.165) is 59.5 Å². The van der Waals surface area contributed by atoms with Crippen molar-refractivity contribution in [1.29, 1.82) is 0 Å². The summed E-state index contributed by atoms with van der Waals surface area (Å²) in [6.45, 7) is 10.7. The van der Waals surface area contributed by atoms with Gasteiger partial charge in [0.15, 0.2) is 0 Å². The smallest absolute Gasteiger partial charge is 0.0482 e. The van der Waals surface area contributed by atoms with E-state index in [-0.39, 0.29) is 0 Å². The standard InChI is InChI=1S/C9H8Br4.C9H12.C8H5Br5/c1-3-5-8(12)6(10)4(2)7(11)9(5)13;1-3-9-7-5-4-6-8(9)2;1-2-3-4(9)6(11)8(13)7(12)5(3)10/h3H2,1-2H3;4-7H,3H2,1-2H3;2H2,1H3. The second-order valence-corrected chi connectivity index (χ2v) is 14.5. The fraction of sp³-hybridized carbons (Fsp3) is 0.308. The number of hydrogen-bond donors (Lipinski definition) is 0. The Morgan fingerprint density at radius 1 is 0.457 bits per heavy atom. The van der Waals surface area contributed by atoms with Crippen molar-refractivity contribution < 1.29 is 0 Å². The average molecular weight is 1060 g/mol. The van der Waals surface area contributed by atoms with Crippen molar-refractivity contribution >= 4 is 143 Å². The topological polar surface area (TPSA) is 0 Å². The van der Waals surface area contributed by atoms with Gasteiger partial charge in [-0.2, -0.15) is 0 Å². The van der Waals surface area contributed by atoms with E-state index in [0.29, 0.717) is 0 Å². The summed E-state index contributed by atoms with van der Waals surface area (Å²) in [5.41, 5.74) is 6.60. The normalized spacial score (nSPS) is 10.3. The molecule has 0 aliphatic rings. The van der Waals surface area contributed by atoms with E-state index in [1.54, 1.807) is 0 Å².